The van der Waals surface area contributed by atoms with E-state index < -0.39 is 12.0 Å². The van der Waals surface area contributed by atoms with Crippen molar-refractivity contribution in [3.63, 3.8) is 0 Å². The second-order valence-electron chi connectivity index (χ2n) is 4.35. The molecule has 2 aromatic carbocycles. The molecule has 0 saturated carbocycles. The van der Waals surface area contributed by atoms with Crippen molar-refractivity contribution < 1.29 is 18.7 Å². The minimum Gasteiger partial charge on any atom is -0.450 e. The fourth-order valence-electron chi connectivity index (χ4n) is 1.80. The molecule has 0 bridgehead atoms. The van der Waals surface area contributed by atoms with Gasteiger partial charge in [-0.25, -0.2) is 9.18 Å². The van der Waals surface area contributed by atoms with Crippen molar-refractivity contribution in [2.24, 2.45) is 0 Å². The first-order valence-corrected chi connectivity index (χ1v) is 6.70. The number of para-hydroxylation sites is 1. The zero-order chi connectivity index (χ0) is 15.9. The molecular formula is C16H15FN2O3. The number of halogens is 1. The molecule has 2 N–H and O–H groups in total. The van der Waals surface area contributed by atoms with Crippen molar-refractivity contribution in [2.75, 3.05) is 17.2 Å². The highest BCUT2D eigenvalue weighted by Gasteiger charge is 2.13. The summed E-state index contributed by atoms with van der Waals surface area (Å²) in [7, 11) is 0. The van der Waals surface area contributed by atoms with E-state index in [1.165, 1.54) is 24.3 Å². The summed E-state index contributed by atoms with van der Waals surface area (Å²) in [5.41, 5.74) is 1.07. The van der Waals surface area contributed by atoms with Crippen molar-refractivity contribution in [1.29, 1.82) is 0 Å². The van der Waals surface area contributed by atoms with Gasteiger partial charge in [-0.1, -0.05) is 12.1 Å². The molecule has 2 aromatic rings. The van der Waals surface area contributed by atoms with Crippen LogP contribution in [0.1, 0.15) is 17.3 Å². The van der Waals surface area contributed by atoms with Gasteiger partial charge in [0.15, 0.2) is 0 Å². The summed E-state index contributed by atoms with van der Waals surface area (Å²) in [6.07, 6.45) is -0.635. The predicted molar refractivity (Wildman–Crippen MR) is 81.4 cm³/mol. The van der Waals surface area contributed by atoms with Gasteiger partial charge in [0, 0.05) is 5.69 Å². The largest absolute Gasteiger partial charge is 0.450 e. The number of ether oxygens (including phenoxy) is 1. The first kappa shape index (κ1) is 15.5. The van der Waals surface area contributed by atoms with Crippen molar-refractivity contribution in [3.8, 4) is 0 Å². The van der Waals surface area contributed by atoms with E-state index in [0.29, 0.717) is 11.4 Å². The predicted octanol–water partition coefficient (Wildman–Crippen LogP) is 3.65. The fraction of sp³-hybridized carbons (Fsp3) is 0.125. The van der Waals surface area contributed by atoms with E-state index in [9.17, 15) is 14.0 Å². The minimum atomic E-state index is -0.635. The quantitative estimate of drug-likeness (QED) is 0.906. The molecule has 0 radical (unpaired) electrons. The Balaban J connectivity index is 2.15. The molecule has 2 rings (SSSR count). The van der Waals surface area contributed by atoms with E-state index in [0.717, 1.165) is 0 Å². The molecule has 0 spiro atoms. The van der Waals surface area contributed by atoms with Gasteiger partial charge in [0.05, 0.1) is 17.9 Å². The number of carbonyl (C=O) groups excluding carboxylic acids is 2. The molecular weight excluding hydrogens is 287 g/mol. The Kier molecular flexibility index (Phi) is 5.08. The number of rotatable bonds is 4. The van der Waals surface area contributed by atoms with Crippen molar-refractivity contribution in [2.45, 2.75) is 6.92 Å². The highest BCUT2D eigenvalue weighted by molar-refractivity contribution is 6.09. The van der Waals surface area contributed by atoms with Gasteiger partial charge in [-0.3, -0.25) is 10.1 Å². The monoisotopic (exact) mass is 302 g/mol. The Labute approximate surface area is 127 Å². The number of anilines is 2. The maximum absolute atomic E-state index is 12.9. The van der Waals surface area contributed by atoms with E-state index in [-0.39, 0.29) is 18.0 Å². The van der Waals surface area contributed by atoms with Crippen LogP contribution in [-0.2, 0) is 4.74 Å². The van der Waals surface area contributed by atoms with Crippen LogP contribution in [0.4, 0.5) is 20.6 Å². The fourth-order valence-corrected chi connectivity index (χ4v) is 1.80. The van der Waals surface area contributed by atoms with Crippen molar-refractivity contribution >= 4 is 23.4 Å². The third kappa shape index (κ3) is 4.05. The Morgan fingerprint density at radius 1 is 1.05 bits per heavy atom. The molecule has 0 aliphatic rings. The molecule has 6 heteroatoms. The number of carbonyl (C=O) groups is 2. The lowest BCUT2D eigenvalue weighted by Gasteiger charge is -2.11. The number of hydrogen-bond donors (Lipinski definition) is 2. The van der Waals surface area contributed by atoms with Crippen LogP contribution < -0.4 is 10.6 Å². The average Bonchev–Trinajstić information content (AvgIpc) is 2.50. The van der Waals surface area contributed by atoms with Crippen LogP contribution >= 0.6 is 0 Å². The maximum Gasteiger partial charge on any atom is 0.411 e. The Morgan fingerprint density at radius 2 is 1.73 bits per heavy atom. The molecule has 0 aromatic heterocycles. The van der Waals surface area contributed by atoms with Gasteiger partial charge < -0.3 is 10.1 Å². The molecule has 5 nitrogen and oxygen atoms in total. The van der Waals surface area contributed by atoms with Crippen LogP contribution in [0.25, 0.3) is 0 Å². The lowest BCUT2D eigenvalue weighted by Crippen LogP contribution is -2.18. The van der Waals surface area contributed by atoms with Crippen molar-refractivity contribution in [3.05, 3.63) is 59.9 Å². The highest BCUT2D eigenvalue weighted by Crippen LogP contribution is 2.18. The minimum absolute atomic E-state index is 0.232. The van der Waals surface area contributed by atoms with Gasteiger partial charge in [0.1, 0.15) is 5.82 Å². The van der Waals surface area contributed by atoms with Gasteiger partial charge in [0.2, 0.25) is 0 Å². The van der Waals surface area contributed by atoms with Crippen LogP contribution in [0.5, 0.6) is 0 Å². The van der Waals surface area contributed by atoms with Crippen LogP contribution in [0, 0.1) is 5.82 Å². The summed E-state index contributed by atoms with van der Waals surface area (Å²) in [6, 6.07) is 11.9. The van der Waals surface area contributed by atoms with Gasteiger partial charge >= 0.3 is 6.09 Å². The summed E-state index contributed by atoms with van der Waals surface area (Å²) in [5.74, 6) is -0.804. The van der Waals surface area contributed by atoms with Gasteiger partial charge in [-0.05, 0) is 43.3 Å². The Morgan fingerprint density at radius 3 is 2.41 bits per heavy atom. The summed E-state index contributed by atoms with van der Waals surface area (Å²) >= 11 is 0. The first-order chi connectivity index (χ1) is 10.6. The zero-order valence-corrected chi connectivity index (χ0v) is 11.9. The van der Waals surface area contributed by atoms with Crippen LogP contribution in [0.2, 0.25) is 0 Å². The van der Waals surface area contributed by atoms with E-state index >= 15 is 0 Å². The molecule has 0 unspecified atom stereocenters. The first-order valence-electron chi connectivity index (χ1n) is 6.70. The summed E-state index contributed by atoms with van der Waals surface area (Å²) in [5, 5.41) is 5.14. The van der Waals surface area contributed by atoms with Crippen LogP contribution in [0.15, 0.2) is 48.5 Å². The maximum atomic E-state index is 12.9. The van der Waals surface area contributed by atoms with E-state index in [2.05, 4.69) is 10.6 Å². The lowest BCUT2D eigenvalue weighted by atomic mass is 10.1. The molecule has 0 aliphatic carbocycles. The Hall–Kier alpha value is -2.89. The lowest BCUT2D eigenvalue weighted by molar-refractivity contribution is 0.102. The SMILES string of the molecule is CCOC(=O)Nc1ccccc1C(=O)Nc1ccc(F)cc1. The second-order valence-corrected chi connectivity index (χ2v) is 4.35. The van der Waals surface area contributed by atoms with Crippen LogP contribution in [0.3, 0.4) is 0 Å². The third-order valence-corrected chi connectivity index (χ3v) is 2.79. The molecule has 0 fully saturated rings. The summed E-state index contributed by atoms with van der Waals surface area (Å²) in [6.45, 7) is 1.92. The topological polar surface area (TPSA) is 67.4 Å². The molecule has 0 atom stereocenters. The van der Waals surface area contributed by atoms with Crippen molar-refractivity contribution in [1.82, 2.24) is 0 Å². The van der Waals surface area contributed by atoms with Gasteiger partial charge in [0.25, 0.3) is 5.91 Å². The van der Waals surface area contributed by atoms with E-state index in [1.54, 1.807) is 31.2 Å². The summed E-state index contributed by atoms with van der Waals surface area (Å²) in [4.78, 5) is 23.7. The standard InChI is InChI=1S/C16H15FN2O3/c1-2-22-16(21)19-14-6-4-3-5-13(14)15(20)18-12-9-7-11(17)8-10-12/h3-10H,2H2,1H3,(H,18,20)(H,19,21). The number of hydrogen-bond acceptors (Lipinski definition) is 3. The zero-order valence-electron chi connectivity index (χ0n) is 11.9. The highest BCUT2D eigenvalue weighted by atomic mass is 19.1. The number of amides is 2. The molecule has 2 amide bonds. The summed E-state index contributed by atoms with van der Waals surface area (Å²) < 4.78 is 17.6. The van der Waals surface area contributed by atoms with Gasteiger partial charge in [-0.2, -0.15) is 0 Å². The van der Waals surface area contributed by atoms with Gasteiger partial charge in [-0.15, -0.1) is 0 Å². The average molecular weight is 302 g/mol. The second kappa shape index (κ2) is 7.21. The normalized spacial score (nSPS) is 9.91. The van der Waals surface area contributed by atoms with Crippen LogP contribution in [-0.4, -0.2) is 18.6 Å². The molecule has 114 valence electrons. The third-order valence-electron chi connectivity index (χ3n) is 2.79. The molecule has 0 heterocycles. The number of benzene rings is 2. The molecule has 0 aliphatic heterocycles. The number of nitrogens with one attached hydrogen (secondary N) is 2. The molecule has 0 saturated heterocycles. The van der Waals surface area contributed by atoms with E-state index in [4.69, 9.17) is 4.74 Å². The molecule has 22 heavy (non-hydrogen) atoms. The van der Waals surface area contributed by atoms with E-state index in [1.807, 2.05) is 0 Å². The Bertz CT molecular complexity index is 671. The smallest absolute Gasteiger partial charge is 0.411 e.